The molecule has 0 aliphatic heterocycles. The van der Waals surface area contributed by atoms with Crippen molar-refractivity contribution in [1.29, 1.82) is 0 Å². The first-order chi connectivity index (χ1) is 10.9. The molecule has 0 spiro atoms. The van der Waals surface area contributed by atoms with Crippen LogP contribution in [0.4, 0.5) is 4.79 Å². The zero-order valence-corrected chi connectivity index (χ0v) is 16.0. The van der Waals surface area contributed by atoms with E-state index in [0.29, 0.717) is 12.6 Å². The Morgan fingerprint density at radius 1 is 1.35 bits per heavy atom. The van der Waals surface area contributed by atoms with Crippen LogP contribution in [0.5, 0.6) is 0 Å². The fourth-order valence-corrected chi connectivity index (χ4v) is 3.26. The minimum atomic E-state index is -0.459. The van der Waals surface area contributed by atoms with E-state index in [-0.39, 0.29) is 12.1 Å². The number of nitrogens with one attached hydrogen (secondary N) is 2. The van der Waals surface area contributed by atoms with E-state index in [4.69, 9.17) is 4.74 Å². The second-order valence-corrected chi connectivity index (χ2v) is 7.84. The number of carbonyl (C=O) groups is 1. The normalized spacial score (nSPS) is 14.3. The smallest absolute Gasteiger partial charge is 0.407 e. The Hall–Kier alpha value is -1.07. The topological polar surface area (TPSA) is 50.4 Å². The molecule has 0 aromatic carbocycles. The van der Waals surface area contributed by atoms with E-state index < -0.39 is 5.60 Å². The Morgan fingerprint density at radius 2 is 2.09 bits per heavy atom. The lowest BCUT2D eigenvalue weighted by molar-refractivity contribution is 0.0520. The minimum absolute atomic E-state index is 0.259. The van der Waals surface area contributed by atoms with Gasteiger partial charge in [0.25, 0.3) is 0 Å². The largest absolute Gasteiger partial charge is 0.444 e. The van der Waals surface area contributed by atoms with Crippen LogP contribution in [0, 0.1) is 0 Å². The van der Waals surface area contributed by atoms with Crippen LogP contribution >= 0.6 is 11.3 Å². The summed E-state index contributed by atoms with van der Waals surface area (Å²) in [6.07, 6.45) is 4.04. The zero-order valence-electron chi connectivity index (χ0n) is 15.1. The molecule has 2 atom stereocenters. The quantitative estimate of drug-likeness (QED) is 0.674. The minimum Gasteiger partial charge on any atom is -0.444 e. The van der Waals surface area contributed by atoms with E-state index in [0.717, 1.165) is 25.7 Å². The second-order valence-electron chi connectivity index (χ2n) is 6.86. The summed E-state index contributed by atoms with van der Waals surface area (Å²) in [7, 11) is 0. The summed E-state index contributed by atoms with van der Waals surface area (Å²) in [4.78, 5) is 13.2. The number of thiophene rings is 1. The maximum Gasteiger partial charge on any atom is 0.407 e. The molecule has 0 fully saturated rings. The van der Waals surface area contributed by atoms with E-state index in [1.54, 1.807) is 11.3 Å². The first-order valence-corrected chi connectivity index (χ1v) is 9.50. The van der Waals surface area contributed by atoms with Gasteiger partial charge in [0.05, 0.1) is 0 Å². The van der Waals surface area contributed by atoms with Crippen LogP contribution in [0.2, 0.25) is 0 Å². The van der Waals surface area contributed by atoms with Gasteiger partial charge in [-0.2, -0.15) is 0 Å². The van der Waals surface area contributed by atoms with Crippen molar-refractivity contribution in [3.05, 3.63) is 22.4 Å². The molecule has 0 bridgehead atoms. The Balaban J connectivity index is 2.56. The van der Waals surface area contributed by atoms with Crippen LogP contribution in [0.1, 0.15) is 71.2 Å². The summed E-state index contributed by atoms with van der Waals surface area (Å²) in [6, 6.07) is 4.86. The Bertz CT molecular complexity index is 440. The van der Waals surface area contributed by atoms with E-state index in [1.165, 1.54) is 4.88 Å². The van der Waals surface area contributed by atoms with Gasteiger partial charge < -0.3 is 15.4 Å². The van der Waals surface area contributed by atoms with Crippen molar-refractivity contribution in [3.8, 4) is 0 Å². The molecule has 0 saturated carbocycles. The van der Waals surface area contributed by atoms with Crippen molar-refractivity contribution in [3.63, 3.8) is 0 Å². The highest BCUT2D eigenvalue weighted by molar-refractivity contribution is 7.10. The average Bonchev–Trinajstić information content (AvgIpc) is 2.98. The van der Waals surface area contributed by atoms with E-state index in [9.17, 15) is 4.79 Å². The van der Waals surface area contributed by atoms with E-state index in [2.05, 4.69) is 42.0 Å². The van der Waals surface area contributed by atoms with E-state index in [1.807, 2.05) is 20.8 Å². The standard InChI is InChI=1S/C18H32N2O2S/c1-6-8-10-14(13-19-17(21)22-18(3,4)5)20-15(7-2)16-11-9-12-23-16/h9,11-12,14-15,20H,6-8,10,13H2,1-5H3,(H,19,21). The Labute approximate surface area is 145 Å². The highest BCUT2D eigenvalue weighted by Gasteiger charge is 2.19. The fraction of sp³-hybridized carbons (Fsp3) is 0.722. The molecule has 2 unspecified atom stereocenters. The van der Waals surface area contributed by atoms with Crippen LogP contribution in [0.15, 0.2) is 17.5 Å². The van der Waals surface area contributed by atoms with Gasteiger partial charge >= 0.3 is 6.09 Å². The number of rotatable bonds is 9. The number of alkyl carbamates (subject to hydrolysis) is 1. The number of unbranched alkanes of at least 4 members (excludes halogenated alkanes) is 1. The van der Waals surface area contributed by atoms with Gasteiger partial charge in [0.2, 0.25) is 0 Å². The third kappa shape index (κ3) is 8.37. The van der Waals surface area contributed by atoms with Crippen molar-refractivity contribution in [2.24, 2.45) is 0 Å². The van der Waals surface area contributed by atoms with Crippen molar-refractivity contribution in [2.75, 3.05) is 6.54 Å². The van der Waals surface area contributed by atoms with Gasteiger partial charge in [-0.25, -0.2) is 4.79 Å². The molecular weight excluding hydrogens is 308 g/mol. The molecule has 1 aromatic heterocycles. The number of carbonyl (C=O) groups excluding carboxylic acids is 1. The van der Waals surface area contributed by atoms with Crippen molar-refractivity contribution in [2.45, 2.75) is 78.0 Å². The molecule has 4 nitrogen and oxygen atoms in total. The molecule has 0 radical (unpaired) electrons. The zero-order chi connectivity index (χ0) is 17.3. The summed E-state index contributed by atoms with van der Waals surface area (Å²) in [5.41, 5.74) is -0.459. The molecular formula is C18H32N2O2S. The van der Waals surface area contributed by atoms with Gasteiger partial charge in [-0.15, -0.1) is 11.3 Å². The van der Waals surface area contributed by atoms with Crippen LogP contribution in [0.25, 0.3) is 0 Å². The number of hydrogen-bond donors (Lipinski definition) is 2. The maximum absolute atomic E-state index is 11.9. The molecule has 23 heavy (non-hydrogen) atoms. The third-order valence-electron chi connectivity index (χ3n) is 3.53. The molecule has 5 heteroatoms. The Kier molecular flexibility index (Phi) is 8.63. The van der Waals surface area contributed by atoms with Crippen LogP contribution in [0.3, 0.4) is 0 Å². The lowest BCUT2D eigenvalue weighted by atomic mass is 10.1. The van der Waals surface area contributed by atoms with Gasteiger partial charge in [-0.3, -0.25) is 0 Å². The highest BCUT2D eigenvalue weighted by atomic mass is 32.1. The van der Waals surface area contributed by atoms with Crippen molar-refractivity contribution >= 4 is 17.4 Å². The lowest BCUT2D eigenvalue weighted by Crippen LogP contribution is -2.43. The number of amides is 1. The molecule has 1 heterocycles. The van der Waals surface area contributed by atoms with Crippen molar-refractivity contribution in [1.82, 2.24) is 10.6 Å². The predicted molar refractivity (Wildman–Crippen MR) is 98.0 cm³/mol. The van der Waals surface area contributed by atoms with Crippen LogP contribution in [-0.2, 0) is 4.74 Å². The molecule has 1 aromatic rings. The fourth-order valence-electron chi connectivity index (χ4n) is 2.39. The first-order valence-electron chi connectivity index (χ1n) is 8.62. The molecule has 1 amide bonds. The van der Waals surface area contributed by atoms with Gasteiger partial charge in [-0.05, 0) is 45.1 Å². The number of hydrogen-bond acceptors (Lipinski definition) is 4. The lowest BCUT2D eigenvalue weighted by Gasteiger charge is -2.26. The van der Waals surface area contributed by atoms with Gasteiger partial charge in [-0.1, -0.05) is 32.8 Å². The molecule has 2 N–H and O–H groups in total. The van der Waals surface area contributed by atoms with Crippen LogP contribution in [-0.4, -0.2) is 24.3 Å². The summed E-state index contributed by atoms with van der Waals surface area (Å²) >= 11 is 1.78. The summed E-state index contributed by atoms with van der Waals surface area (Å²) in [5, 5.41) is 8.71. The molecule has 0 aliphatic carbocycles. The van der Waals surface area contributed by atoms with Crippen molar-refractivity contribution < 1.29 is 9.53 Å². The second kappa shape index (κ2) is 9.93. The monoisotopic (exact) mass is 340 g/mol. The van der Waals surface area contributed by atoms with Gasteiger partial charge in [0.1, 0.15) is 5.60 Å². The van der Waals surface area contributed by atoms with E-state index >= 15 is 0 Å². The third-order valence-corrected chi connectivity index (χ3v) is 4.52. The number of ether oxygens (including phenoxy) is 1. The summed E-state index contributed by atoms with van der Waals surface area (Å²) in [6.45, 7) is 10.6. The summed E-state index contributed by atoms with van der Waals surface area (Å²) in [5.74, 6) is 0. The Morgan fingerprint density at radius 3 is 2.61 bits per heavy atom. The molecule has 0 saturated heterocycles. The van der Waals surface area contributed by atoms with Gasteiger partial charge in [0, 0.05) is 23.5 Å². The molecule has 1 rings (SSSR count). The molecule has 0 aliphatic rings. The van der Waals surface area contributed by atoms with Gasteiger partial charge in [0.15, 0.2) is 0 Å². The first kappa shape index (κ1) is 20.0. The van der Waals surface area contributed by atoms with Crippen LogP contribution < -0.4 is 10.6 Å². The average molecular weight is 341 g/mol. The molecule has 132 valence electrons. The highest BCUT2D eigenvalue weighted by Crippen LogP contribution is 2.22. The SMILES string of the molecule is CCCCC(CNC(=O)OC(C)(C)C)NC(CC)c1cccs1. The maximum atomic E-state index is 11.9. The predicted octanol–water partition coefficient (Wildman–Crippen LogP) is 4.87. The summed E-state index contributed by atoms with van der Waals surface area (Å²) < 4.78 is 5.32.